The van der Waals surface area contributed by atoms with Gasteiger partial charge < -0.3 is 5.32 Å². The van der Waals surface area contributed by atoms with Crippen LogP contribution in [0.5, 0.6) is 0 Å². The Morgan fingerprint density at radius 2 is 1.76 bits per heavy atom. The fraction of sp³-hybridized carbons (Fsp3) is 0.235. The average molecular weight is 320 g/mol. The van der Waals surface area contributed by atoms with Gasteiger partial charge in [-0.2, -0.15) is 0 Å². The van der Waals surface area contributed by atoms with Crippen LogP contribution < -0.4 is 5.32 Å². The molecule has 4 heteroatoms. The molecular weight excluding hydrogens is 305 g/mol. The van der Waals surface area contributed by atoms with Crippen LogP contribution in [-0.4, -0.2) is 5.91 Å². The fourth-order valence-corrected chi connectivity index (χ4v) is 3.10. The Morgan fingerprint density at radius 3 is 2.43 bits per heavy atom. The van der Waals surface area contributed by atoms with E-state index in [0.717, 1.165) is 17.5 Å². The summed E-state index contributed by atoms with van der Waals surface area (Å²) in [6, 6.07) is 15.4. The molecule has 0 unspecified atom stereocenters. The number of benzene rings is 2. The average Bonchev–Trinajstić information content (AvgIpc) is 3.25. The molecule has 2 aromatic rings. The molecule has 1 aliphatic carbocycles. The molecule has 108 valence electrons. The molecule has 2 aromatic carbocycles. The predicted octanol–water partition coefficient (Wildman–Crippen LogP) is 4.41. The highest BCUT2D eigenvalue weighted by Gasteiger charge is 2.43. The molecular formula is C17H15Cl2NO. The van der Waals surface area contributed by atoms with Crippen LogP contribution in [-0.2, 0) is 11.3 Å². The maximum absolute atomic E-state index is 12.2. The zero-order chi connectivity index (χ0) is 14.8. The van der Waals surface area contributed by atoms with E-state index in [4.69, 9.17) is 23.2 Å². The Balaban J connectivity index is 1.58. The predicted molar refractivity (Wildman–Crippen MR) is 85.6 cm³/mol. The molecule has 0 saturated heterocycles. The highest BCUT2D eigenvalue weighted by Crippen LogP contribution is 2.48. The summed E-state index contributed by atoms with van der Waals surface area (Å²) in [5, 5.41) is 4.22. The van der Waals surface area contributed by atoms with E-state index in [-0.39, 0.29) is 17.7 Å². The molecule has 1 aliphatic rings. The van der Waals surface area contributed by atoms with Crippen LogP contribution >= 0.6 is 23.2 Å². The van der Waals surface area contributed by atoms with Gasteiger partial charge in [0.15, 0.2) is 0 Å². The van der Waals surface area contributed by atoms with Crippen LogP contribution in [0.15, 0.2) is 48.5 Å². The lowest BCUT2D eigenvalue weighted by atomic mass is 10.1. The second-order valence-electron chi connectivity index (χ2n) is 5.35. The number of nitrogens with one attached hydrogen (secondary N) is 1. The van der Waals surface area contributed by atoms with Crippen molar-refractivity contribution >= 4 is 29.1 Å². The minimum absolute atomic E-state index is 0.0308. The molecule has 2 atom stereocenters. The first kappa shape index (κ1) is 14.4. The molecule has 21 heavy (non-hydrogen) atoms. The maximum Gasteiger partial charge on any atom is 0.224 e. The third-order valence-electron chi connectivity index (χ3n) is 3.75. The van der Waals surface area contributed by atoms with Crippen LogP contribution in [0, 0.1) is 5.92 Å². The van der Waals surface area contributed by atoms with E-state index in [1.165, 1.54) is 0 Å². The van der Waals surface area contributed by atoms with E-state index in [2.05, 4.69) is 5.32 Å². The molecule has 3 rings (SSSR count). The summed E-state index contributed by atoms with van der Waals surface area (Å²) in [6.07, 6.45) is 0.858. The summed E-state index contributed by atoms with van der Waals surface area (Å²) < 4.78 is 0. The van der Waals surface area contributed by atoms with Gasteiger partial charge in [0, 0.05) is 22.5 Å². The minimum Gasteiger partial charge on any atom is -0.352 e. The van der Waals surface area contributed by atoms with Crippen LogP contribution in [0.3, 0.4) is 0 Å². The standard InChI is InChI=1S/C17H15Cl2NO/c18-13-6-12(7-14(19)8-13)15-9-16(15)17(21)20-10-11-4-2-1-3-5-11/h1-8,15-16H,9-10H2,(H,20,21)/t15-,16-/m1/s1. The number of rotatable bonds is 4. The normalized spacial score (nSPS) is 20.1. The zero-order valence-electron chi connectivity index (χ0n) is 11.4. The van der Waals surface area contributed by atoms with Crippen LogP contribution in [0.2, 0.25) is 10.0 Å². The molecule has 0 bridgehead atoms. The van der Waals surface area contributed by atoms with E-state index >= 15 is 0 Å². The third-order valence-corrected chi connectivity index (χ3v) is 4.19. The van der Waals surface area contributed by atoms with Gasteiger partial charge in [-0.1, -0.05) is 53.5 Å². The molecule has 1 amide bonds. The Hall–Kier alpha value is -1.51. The Morgan fingerprint density at radius 1 is 1.10 bits per heavy atom. The summed E-state index contributed by atoms with van der Waals surface area (Å²) in [7, 11) is 0. The molecule has 2 nitrogen and oxygen atoms in total. The van der Waals surface area contributed by atoms with Gasteiger partial charge in [-0.25, -0.2) is 0 Å². The topological polar surface area (TPSA) is 29.1 Å². The van der Waals surface area contributed by atoms with E-state index in [0.29, 0.717) is 16.6 Å². The smallest absolute Gasteiger partial charge is 0.224 e. The van der Waals surface area contributed by atoms with E-state index in [1.807, 2.05) is 42.5 Å². The van der Waals surface area contributed by atoms with Crippen molar-refractivity contribution in [1.29, 1.82) is 0 Å². The number of carbonyl (C=O) groups is 1. The number of carbonyl (C=O) groups excluding carboxylic acids is 1. The van der Waals surface area contributed by atoms with E-state index in [9.17, 15) is 4.79 Å². The second kappa shape index (κ2) is 6.08. The summed E-state index contributed by atoms with van der Waals surface area (Å²) in [5.74, 6) is 0.361. The molecule has 1 N–H and O–H groups in total. The lowest BCUT2D eigenvalue weighted by Gasteiger charge is -2.06. The lowest BCUT2D eigenvalue weighted by molar-refractivity contribution is -0.122. The molecule has 1 saturated carbocycles. The number of amides is 1. The Bertz CT molecular complexity index is 637. The largest absolute Gasteiger partial charge is 0.352 e. The quantitative estimate of drug-likeness (QED) is 0.888. The molecule has 0 aliphatic heterocycles. The Labute approximate surface area is 134 Å². The van der Waals surface area contributed by atoms with Gasteiger partial charge in [-0.05, 0) is 41.7 Å². The monoisotopic (exact) mass is 319 g/mol. The molecule has 1 fully saturated rings. The van der Waals surface area contributed by atoms with Crippen LogP contribution in [0.25, 0.3) is 0 Å². The maximum atomic E-state index is 12.2. The van der Waals surface area contributed by atoms with Gasteiger partial charge in [0.1, 0.15) is 0 Å². The highest BCUT2D eigenvalue weighted by atomic mass is 35.5. The van der Waals surface area contributed by atoms with Gasteiger partial charge in [-0.15, -0.1) is 0 Å². The van der Waals surface area contributed by atoms with Crippen molar-refractivity contribution in [2.45, 2.75) is 18.9 Å². The summed E-state index contributed by atoms with van der Waals surface area (Å²) in [4.78, 5) is 12.2. The first-order valence-corrected chi connectivity index (χ1v) is 7.67. The SMILES string of the molecule is O=C(NCc1ccccc1)[C@@H]1C[C@@H]1c1cc(Cl)cc(Cl)c1. The van der Waals surface area contributed by atoms with E-state index in [1.54, 1.807) is 6.07 Å². The number of hydrogen-bond acceptors (Lipinski definition) is 1. The van der Waals surface area contributed by atoms with Gasteiger partial charge >= 0.3 is 0 Å². The lowest BCUT2D eigenvalue weighted by Crippen LogP contribution is -2.24. The van der Waals surface area contributed by atoms with Crippen molar-refractivity contribution in [2.75, 3.05) is 0 Å². The van der Waals surface area contributed by atoms with Crippen molar-refractivity contribution in [3.05, 3.63) is 69.7 Å². The molecule has 0 aromatic heterocycles. The number of hydrogen-bond donors (Lipinski definition) is 1. The van der Waals surface area contributed by atoms with Crippen molar-refractivity contribution in [1.82, 2.24) is 5.32 Å². The van der Waals surface area contributed by atoms with Crippen LogP contribution in [0.1, 0.15) is 23.5 Å². The summed E-state index contributed by atoms with van der Waals surface area (Å²) in [6.45, 7) is 0.569. The van der Waals surface area contributed by atoms with Gasteiger partial charge in [0.05, 0.1) is 0 Å². The van der Waals surface area contributed by atoms with Gasteiger partial charge in [0.2, 0.25) is 5.91 Å². The van der Waals surface area contributed by atoms with Gasteiger partial charge in [-0.3, -0.25) is 4.79 Å². The minimum atomic E-state index is 0.0308. The van der Waals surface area contributed by atoms with Crippen molar-refractivity contribution in [3.63, 3.8) is 0 Å². The first-order chi connectivity index (χ1) is 10.1. The number of halogens is 2. The second-order valence-corrected chi connectivity index (χ2v) is 6.23. The van der Waals surface area contributed by atoms with E-state index < -0.39 is 0 Å². The molecule has 0 heterocycles. The highest BCUT2D eigenvalue weighted by molar-refractivity contribution is 6.34. The van der Waals surface area contributed by atoms with Crippen molar-refractivity contribution < 1.29 is 4.79 Å². The molecule has 0 radical (unpaired) electrons. The zero-order valence-corrected chi connectivity index (χ0v) is 12.9. The van der Waals surface area contributed by atoms with Gasteiger partial charge in [0.25, 0.3) is 0 Å². The summed E-state index contributed by atoms with van der Waals surface area (Å²) in [5.41, 5.74) is 2.15. The first-order valence-electron chi connectivity index (χ1n) is 6.91. The van der Waals surface area contributed by atoms with Crippen LogP contribution in [0.4, 0.5) is 0 Å². The fourth-order valence-electron chi connectivity index (χ4n) is 2.56. The third kappa shape index (κ3) is 3.58. The Kier molecular flexibility index (Phi) is 4.18. The van der Waals surface area contributed by atoms with Crippen molar-refractivity contribution in [2.24, 2.45) is 5.92 Å². The molecule has 0 spiro atoms. The van der Waals surface area contributed by atoms with Crippen molar-refractivity contribution in [3.8, 4) is 0 Å². The summed E-state index contributed by atoms with van der Waals surface area (Å²) >= 11 is 12.0.